The van der Waals surface area contributed by atoms with Crippen LogP contribution in [0.4, 0.5) is 0 Å². The zero-order valence-electron chi connectivity index (χ0n) is 19.8. The highest BCUT2D eigenvalue weighted by molar-refractivity contribution is 4.96. The van der Waals surface area contributed by atoms with E-state index < -0.39 is 0 Å². The molecular weight excluding hydrogens is 340 g/mol. The second kappa shape index (κ2) is 18.4. The van der Waals surface area contributed by atoms with Gasteiger partial charge in [-0.15, -0.1) is 0 Å². The van der Waals surface area contributed by atoms with Crippen LogP contribution in [-0.4, -0.2) is 29.1 Å². The highest BCUT2D eigenvalue weighted by Crippen LogP contribution is 2.22. The summed E-state index contributed by atoms with van der Waals surface area (Å²) in [6, 6.07) is 0. The van der Waals surface area contributed by atoms with Crippen molar-refractivity contribution in [1.29, 1.82) is 0 Å². The monoisotopic (exact) mass is 392 g/mol. The Morgan fingerprint density at radius 2 is 0.857 bits per heavy atom. The van der Waals surface area contributed by atoms with Gasteiger partial charge in [0.15, 0.2) is 0 Å². The number of rotatable bonds is 20. The summed E-state index contributed by atoms with van der Waals surface area (Å²) in [6.45, 7) is 9.40. The van der Waals surface area contributed by atoms with Gasteiger partial charge in [0.1, 0.15) is 6.17 Å². The van der Waals surface area contributed by atoms with Crippen molar-refractivity contribution in [2.75, 3.05) is 13.1 Å². The van der Waals surface area contributed by atoms with Crippen LogP contribution in [0.3, 0.4) is 0 Å². The summed E-state index contributed by atoms with van der Waals surface area (Å²) in [6.07, 6.45) is 30.7. The molecule has 2 nitrogen and oxygen atoms in total. The third-order valence-corrected chi connectivity index (χ3v) is 6.32. The molecule has 0 radical (unpaired) electrons. The fraction of sp³-hybridized carbons (Fsp3) is 0.923. The molecule has 1 atom stereocenters. The number of hydrogen-bond acceptors (Lipinski definition) is 2. The predicted molar refractivity (Wildman–Crippen MR) is 126 cm³/mol. The first-order valence-corrected chi connectivity index (χ1v) is 13.0. The van der Waals surface area contributed by atoms with Crippen LogP contribution in [0, 0.1) is 0 Å². The molecule has 0 fully saturated rings. The Morgan fingerprint density at radius 3 is 1.32 bits per heavy atom. The normalized spacial score (nSPS) is 16.5. The maximum absolute atomic E-state index is 2.63. The Morgan fingerprint density at radius 1 is 0.464 bits per heavy atom. The maximum atomic E-state index is 2.63. The van der Waals surface area contributed by atoms with Gasteiger partial charge in [0, 0.05) is 25.5 Å². The van der Waals surface area contributed by atoms with E-state index in [-0.39, 0.29) is 0 Å². The van der Waals surface area contributed by atoms with Gasteiger partial charge in [-0.3, -0.25) is 0 Å². The summed E-state index contributed by atoms with van der Waals surface area (Å²) < 4.78 is 0. The van der Waals surface area contributed by atoms with Gasteiger partial charge in [-0.2, -0.15) is 0 Å². The van der Waals surface area contributed by atoms with Crippen LogP contribution >= 0.6 is 0 Å². The topological polar surface area (TPSA) is 6.48 Å². The third-order valence-electron chi connectivity index (χ3n) is 6.32. The lowest BCUT2D eigenvalue weighted by atomic mass is 10.0. The molecule has 0 amide bonds. The number of hydrogen-bond donors (Lipinski definition) is 0. The minimum atomic E-state index is 0.642. The molecular formula is C26H52N2. The quantitative estimate of drug-likeness (QED) is 0.192. The largest absolute Gasteiger partial charge is 0.356 e. The minimum absolute atomic E-state index is 0.642. The summed E-state index contributed by atoms with van der Waals surface area (Å²) in [4.78, 5) is 5.23. The fourth-order valence-corrected chi connectivity index (χ4v) is 4.38. The first-order valence-electron chi connectivity index (χ1n) is 13.0. The third kappa shape index (κ3) is 12.0. The van der Waals surface area contributed by atoms with Crippen molar-refractivity contribution in [1.82, 2.24) is 9.80 Å². The summed E-state index contributed by atoms with van der Waals surface area (Å²) >= 11 is 0. The van der Waals surface area contributed by atoms with E-state index in [2.05, 4.69) is 43.0 Å². The molecule has 166 valence electrons. The van der Waals surface area contributed by atoms with Gasteiger partial charge >= 0.3 is 0 Å². The molecule has 0 aromatic heterocycles. The molecule has 0 aromatic rings. The number of nitrogens with zero attached hydrogens (tertiary/aromatic N) is 2. The van der Waals surface area contributed by atoms with E-state index in [1.165, 1.54) is 129 Å². The Labute approximate surface area is 178 Å². The van der Waals surface area contributed by atoms with Crippen molar-refractivity contribution in [2.45, 2.75) is 143 Å². The van der Waals surface area contributed by atoms with Gasteiger partial charge < -0.3 is 9.80 Å². The molecule has 0 spiro atoms. The molecule has 28 heavy (non-hydrogen) atoms. The lowest BCUT2D eigenvalue weighted by molar-refractivity contribution is 0.137. The smallest absolute Gasteiger partial charge is 0.101 e. The van der Waals surface area contributed by atoms with Crippen LogP contribution in [0.25, 0.3) is 0 Å². The molecule has 1 heterocycles. The van der Waals surface area contributed by atoms with Crippen LogP contribution < -0.4 is 0 Å². The van der Waals surface area contributed by atoms with E-state index in [9.17, 15) is 0 Å². The zero-order valence-corrected chi connectivity index (χ0v) is 19.8. The molecule has 1 aliphatic rings. The van der Waals surface area contributed by atoms with Gasteiger partial charge in [0.05, 0.1) is 0 Å². The van der Waals surface area contributed by atoms with Crippen molar-refractivity contribution in [3.05, 3.63) is 12.4 Å². The Hall–Kier alpha value is -0.660. The van der Waals surface area contributed by atoms with Gasteiger partial charge in [-0.25, -0.2) is 0 Å². The molecule has 0 saturated carbocycles. The van der Waals surface area contributed by atoms with Crippen molar-refractivity contribution >= 4 is 0 Å². The molecule has 0 N–H and O–H groups in total. The maximum Gasteiger partial charge on any atom is 0.101 e. The lowest BCUT2D eigenvalue weighted by Gasteiger charge is -2.33. The fourth-order valence-electron chi connectivity index (χ4n) is 4.38. The van der Waals surface area contributed by atoms with Crippen LogP contribution in [-0.2, 0) is 0 Å². The van der Waals surface area contributed by atoms with E-state index in [1.807, 2.05) is 0 Å². The molecule has 1 unspecified atom stereocenters. The average Bonchev–Trinajstić information content (AvgIpc) is 3.09. The Balaban J connectivity index is 2.00. The van der Waals surface area contributed by atoms with Crippen molar-refractivity contribution in [2.24, 2.45) is 0 Å². The van der Waals surface area contributed by atoms with Crippen LogP contribution in [0.15, 0.2) is 12.4 Å². The second-order valence-electron chi connectivity index (χ2n) is 8.99. The molecule has 0 aromatic carbocycles. The average molecular weight is 393 g/mol. The standard InChI is InChI=1S/C26H52N2/c1-4-7-10-11-12-13-14-15-16-17-18-19-20-23-28-25-24-27(22-9-6-3)26(28)21-8-5-2/h24-26H,4-23H2,1-3H3. The molecule has 0 saturated heterocycles. The van der Waals surface area contributed by atoms with E-state index in [1.54, 1.807) is 0 Å². The van der Waals surface area contributed by atoms with Crippen molar-refractivity contribution in [3.8, 4) is 0 Å². The van der Waals surface area contributed by atoms with Gasteiger partial charge in [-0.1, -0.05) is 111 Å². The van der Waals surface area contributed by atoms with Gasteiger partial charge in [0.25, 0.3) is 0 Å². The summed E-state index contributed by atoms with van der Waals surface area (Å²) in [5, 5.41) is 0. The zero-order chi connectivity index (χ0) is 20.3. The molecule has 0 aliphatic carbocycles. The predicted octanol–water partition coefficient (Wildman–Crippen LogP) is 8.48. The highest BCUT2D eigenvalue weighted by Gasteiger charge is 2.24. The van der Waals surface area contributed by atoms with E-state index >= 15 is 0 Å². The van der Waals surface area contributed by atoms with E-state index in [0.29, 0.717) is 6.17 Å². The molecule has 0 bridgehead atoms. The Kier molecular flexibility index (Phi) is 16.7. The van der Waals surface area contributed by atoms with Gasteiger partial charge in [-0.05, 0) is 25.7 Å². The van der Waals surface area contributed by atoms with Gasteiger partial charge in [0.2, 0.25) is 0 Å². The first-order chi connectivity index (χ1) is 13.8. The highest BCUT2D eigenvalue weighted by atomic mass is 15.4. The van der Waals surface area contributed by atoms with Crippen LogP contribution in [0.2, 0.25) is 0 Å². The molecule has 1 aliphatic heterocycles. The molecule has 1 rings (SSSR count). The first kappa shape index (κ1) is 25.4. The molecule has 2 heteroatoms. The minimum Gasteiger partial charge on any atom is -0.356 e. The Bertz CT molecular complexity index is 352. The van der Waals surface area contributed by atoms with E-state index in [0.717, 1.165) is 0 Å². The number of unbranched alkanes of at least 4 members (excludes halogenated alkanes) is 14. The van der Waals surface area contributed by atoms with E-state index in [4.69, 9.17) is 0 Å². The SMILES string of the molecule is CCCCCCCCCCCCCCCN1C=CN(CCCC)C1CCCC. The van der Waals surface area contributed by atoms with Crippen molar-refractivity contribution < 1.29 is 0 Å². The second-order valence-corrected chi connectivity index (χ2v) is 8.99. The summed E-state index contributed by atoms with van der Waals surface area (Å²) in [7, 11) is 0. The lowest BCUT2D eigenvalue weighted by Crippen LogP contribution is -2.39. The van der Waals surface area contributed by atoms with Crippen LogP contribution in [0.1, 0.15) is 136 Å². The van der Waals surface area contributed by atoms with Crippen LogP contribution in [0.5, 0.6) is 0 Å². The van der Waals surface area contributed by atoms with Crippen molar-refractivity contribution in [3.63, 3.8) is 0 Å². The summed E-state index contributed by atoms with van der Waals surface area (Å²) in [5.41, 5.74) is 0. The summed E-state index contributed by atoms with van der Waals surface area (Å²) in [5.74, 6) is 0.